The molecule has 2 rings (SSSR count). The molecule has 1 aromatic rings. The third-order valence-corrected chi connectivity index (χ3v) is 3.03. The van der Waals surface area contributed by atoms with Crippen molar-refractivity contribution in [1.29, 1.82) is 5.26 Å². The summed E-state index contributed by atoms with van der Waals surface area (Å²) in [7, 11) is 0. The van der Waals surface area contributed by atoms with Gasteiger partial charge in [0.05, 0.1) is 5.92 Å². The molecule has 2 atom stereocenters. The first kappa shape index (κ1) is 11.4. The van der Waals surface area contributed by atoms with E-state index in [-0.39, 0.29) is 12.0 Å². The monoisotopic (exact) mass is 231 g/mol. The van der Waals surface area contributed by atoms with Crippen LogP contribution in [0.1, 0.15) is 25.0 Å². The van der Waals surface area contributed by atoms with Gasteiger partial charge in [-0.25, -0.2) is 4.98 Å². The molecule has 0 saturated heterocycles. The molecule has 1 aliphatic carbocycles. The molecule has 1 saturated carbocycles. The molecule has 0 aliphatic heterocycles. The summed E-state index contributed by atoms with van der Waals surface area (Å²) >= 11 is 0. The number of aromatic nitrogens is 1. The van der Waals surface area contributed by atoms with E-state index in [0.717, 1.165) is 12.1 Å². The smallest absolute Gasteiger partial charge is 0.306 e. The molecule has 1 heterocycles. The van der Waals surface area contributed by atoms with E-state index in [2.05, 4.69) is 10.3 Å². The van der Waals surface area contributed by atoms with Gasteiger partial charge in [0.15, 0.2) is 0 Å². The number of nitrogens with one attached hydrogen (secondary N) is 1. The second-order valence-electron chi connectivity index (χ2n) is 4.23. The molecule has 1 aromatic heterocycles. The number of hydrogen-bond acceptors (Lipinski definition) is 4. The van der Waals surface area contributed by atoms with Crippen molar-refractivity contribution >= 4 is 11.7 Å². The van der Waals surface area contributed by atoms with Crippen molar-refractivity contribution in [2.24, 2.45) is 5.92 Å². The second-order valence-corrected chi connectivity index (χ2v) is 4.23. The molecule has 0 bridgehead atoms. The molecule has 2 N–H and O–H groups in total. The number of carboxylic acid groups (broad SMARTS) is 1. The van der Waals surface area contributed by atoms with E-state index in [9.17, 15) is 4.79 Å². The molecule has 0 amide bonds. The number of aliphatic carboxylic acids is 1. The molecule has 1 fully saturated rings. The zero-order valence-corrected chi connectivity index (χ0v) is 9.26. The first-order chi connectivity index (χ1) is 8.19. The minimum absolute atomic E-state index is 0.171. The predicted octanol–water partition coefficient (Wildman–Crippen LogP) is 1.62. The van der Waals surface area contributed by atoms with Crippen molar-refractivity contribution in [2.45, 2.75) is 25.3 Å². The van der Waals surface area contributed by atoms with Crippen molar-refractivity contribution in [3.05, 3.63) is 24.0 Å². The quantitative estimate of drug-likeness (QED) is 0.825. The van der Waals surface area contributed by atoms with E-state index in [4.69, 9.17) is 10.4 Å². The molecular weight excluding hydrogens is 218 g/mol. The highest BCUT2D eigenvalue weighted by Gasteiger charge is 2.29. The van der Waals surface area contributed by atoms with Gasteiger partial charge in [-0.15, -0.1) is 0 Å². The molecule has 0 radical (unpaired) electrons. The van der Waals surface area contributed by atoms with Crippen LogP contribution in [-0.4, -0.2) is 22.1 Å². The lowest BCUT2D eigenvalue weighted by atomic mass is 10.1. The van der Waals surface area contributed by atoms with Gasteiger partial charge in [0.25, 0.3) is 0 Å². The maximum atomic E-state index is 10.8. The lowest BCUT2D eigenvalue weighted by Gasteiger charge is -2.13. The summed E-state index contributed by atoms with van der Waals surface area (Å²) < 4.78 is 0. The lowest BCUT2D eigenvalue weighted by molar-refractivity contribution is -0.141. The number of carbonyl (C=O) groups is 1. The highest BCUT2D eigenvalue weighted by atomic mass is 16.4. The SMILES string of the molecule is N#Cc1cc(N[C@H]2CC[C@@H](C(=O)O)C2)ccn1. The van der Waals surface area contributed by atoms with Crippen LogP contribution in [0.25, 0.3) is 0 Å². The van der Waals surface area contributed by atoms with Crippen LogP contribution in [0.4, 0.5) is 5.69 Å². The first-order valence-electron chi connectivity index (χ1n) is 5.54. The predicted molar refractivity (Wildman–Crippen MR) is 61.3 cm³/mol. The van der Waals surface area contributed by atoms with Crippen molar-refractivity contribution < 1.29 is 9.90 Å². The van der Waals surface area contributed by atoms with Crippen LogP contribution >= 0.6 is 0 Å². The maximum absolute atomic E-state index is 10.8. The maximum Gasteiger partial charge on any atom is 0.306 e. The standard InChI is InChI=1S/C12H13N3O2/c13-7-11-6-10(3-4-14-11)15-9-2-1-8(5-9)12(16)17/h3-4,6,8-9H,1-2,5H2,(H,14,15)(H,16,17)/t8-,9+/m1/s1. The van der Waals surface area contributed by atoms with Crippen molar-refractivity contribution in [1.82, 2.24) is 4.98 Å². The Balaban J connectivity index is 1.98. The average Bonchev–Trinajstić information content (AvgIpc) is 2.78. The van der Waals surface area contributed by atoms with E-state index in [1.54, 1.807) is 18.3 Å². The van der Waals surface area contributed by atoms with Crippen LogP contribution in [0, 0.1) is 17.2 Å². The van der Waals surface area contributed by atoms with Crippen LogP contribution in [-0.2, 0) is 4.79 Å². The van der Waals surface area contributed by atoms with Crippen LogP contribution in [0.5, 0.6) is 0 Å². The van der Waals surface area contributed by atoms with Gasteiger partial charge >= 0.3 is 5.97 Å². The Morgan fingerprint density at radius 2 is 2.41 bits per heavy atom. The van der Waals surface area contributed by atoms with Gasteiger partial charge in [0, 0.05) is 17.9 Å². The van der Waals surface area contributed by atoms with Crippen LogP contribution < -0.4 is 5.32 Å². The highest BCUT2D eigenvalue weighted by Crippen LogP contribution is 2.28. The summed E-state index contributed by atoms with van der Waals surface area (Å²) in [4.78, 5) is 14.7. The number of pyridine rings is 1. The van der Waals surface area contributed by atoms with Crippen LogP contribution in [0.2, 0.25) is 0 Å². The normalized spacial score (nSPS) is 23.0. The third kappa shape index (κ3) is 2.72. The Bertz CT molecular complexity index is 467. The fourth-order valence-electron chi connectivity index (χ4n) is 2.15. The Kier molecular flexibility index (Phi) is 3.24. The molecular formula is C12H13N3O2. The van der Waals surface area contributed by atoms with Crippen molar-refractivity contribution in [3.8, 4) is 6.07 Å². The van der Waals surface area contributed by atoms with Gasteiger partial charge in [-0.3, -0.25) is 4.79 Å². The van der Waals surface area contributed by atoms with Gasteiger partial charge in [0.2, 0.25) is 0 Å². The zero-order chi connectivity index (χ0) is 12.3. The Morgan fingerprint density at radius 3 is 3.06 bits per heavy atom. The summed E-state index contributed by atoms with van der Waals surface area (Å²) in [6, 6.07) is 5.61. The molecule has 88 valence electrons. The van der Waals surface area contributed by atoms with E-state index in [1.165, 1.54) is 0 Å². The number of carboxylic acids is 1. The van der Waals surface area contributed by atoms with Gasteiger partial charge in [-0.1, -0.05) is 0 Å². The van der Waals surface area contributed by atoms with Gasteiger partial charge in [-0.05, 0) is 31.4 Å². The minimum Gasteiger partial charge on any atom is -0.481 e. The fourth-order valence-corrected chi connectivity index (χ4v) is 2.15. The van der Waals surface area contributed by atoms with E-state index >= 15 is 0 Å². The number of nitrogens with zero attached hydrogens (tertiary/aromatic N) is 2. The average molecular weight is 231 g/mol. The Morgan fingerprint density at radius 1 is 1.59 bits per heavy atom. The molecule has 5 heteroatoms. The summed E-state index contributed by atoms with van der Waals surface area (Å²) in [6.45, 7) is 0. The molecule has 17 heavy (non-hydrogen) atoms. The number of nitriles is 1. The van der Waals surface area contributed by atoms with Gasteiger partial charge in [0.1, 0.15) is 11.8 Å². The summed E-state index contributed by atoms with van der Waals surface area (Å²) in [5, 5.41) is 20.9. The minimum atomic E-state index is -0.721. The van der Waals surface area contributed by atoms with E-state index in [0.29, 0.717) is 18.5 Å². The van der Waals surface area contributed by atoms with Gasteiger partial charge in [-0.2, -0.15) is 5.26 Å². The van der Waals surface area contributed by atoms with Crippen molar-refractivity contribution in [2.75, 3.05) is 5.32 Å². The van der Waals surface area contributed by atoms with E-state index in [1.807, 2.05) is 6.07 Å². The first-order valence-corrected chi connectivity index (χ1v) is 5.54. The van der Waals surface area contributed by atoms with Crippen LogP contribution in [0.3, 0.4) is 0 Å². The largest absolute Gasteiger partial charge is 0.481 e. The number of hydrogen-bond donors (Lipinski definition) is 2. The van der Waals surface area contributed by atoms with Crippen molar-refractivity contribution in [3.63, 3.8) is 0 Å². The fraction of sp³-hybridized carbons (Fsp3) is 0.417. The lowest BCUT2D eigenvalue weighted by Crippen LogP contribution is -2.17. The second kappa shape index (κ2) is 4.83. The Labute approximate surface area is 99.1 Å². The van der Waals surface area contributed by atoms with E-state index < -0.39 is 5.97 Å². The topological polar surface area (TPSA) is 86.0 Å². The number of rotatable bonds is 3. The molecule has 1 aliphatic rings. The molecule has 5 nitrogen and oxygen atoms in total. The number of anilines is 1. The summed E-state index contributed by atoms with van der Waals surface area (Å²) in [6.07, 6.45) is 3.77. The van der Waals surface area contributed by atoms with Crippen LogP contribution in [0.15, 0.2) is 18.3 Å². The molecule has 0 aromatic carbocycles. The van der Waals surface area contributed by atoms with Gasteiger partial charge < -0.3 is 10.4 Å². The third-order valence-electron chi connectivity index (χ3n) is 3.03. The Hall–Kier alpha value is -2.09. The highest BCUT2D eigenvalue weighted by molar-refractivity contribution is 5.70. The summed E-state index contributed by atoms with van der Waals surface area (Å²) in [5.41, 5.74) is 1.19. The molecule has 0 unspecified atom stereocenters. The zero-order valence-electron chi connectivity index (χ0n) is 9.26. The summed E-state index contributed by atoms with van der Waals surface area (Å²) in [5.74, 6) is -0.966. The molecule has 0 spiro atoms.